The lowest BCUT2D eigenvalue weighted by Crippen LogP contribution is -2.26. The maximum atomic E-state index is 13.4. The highest BCUT2D eigenvalue weighted by molar-refractivity contribution is 7.99. The van der Waals surface area contributed by atoms with Gasteiger partial charge in [0.05, 0.1) is 5.75 Å². The van der Waals surface area contributed by atoms with E-state index >= 15 is 0 Å². The Labute approximate surface area is 163 Å². The fourth-order valence-electron chi connectivity index (χ4n) is 3.05. The van der Waals surface area contributed by atoms with Gasteiger partial charge in [-0.3, -0.25) is 4.79 Å². The van der Waals surface area contributed by atoms with Gasteiger partial charge in [-0.1, -0.05) is 35.5 Å². The topological polar surface area (TPSA) is 54.9 Å². The van der Waals surface area contributed by atoms with E-state index in [0.29, 0.717) is 28.7 Å². The van der Waals surface area contributed by atoms with Gasteiger partial charge in [-0.15, -0.1) is 0 Å². The predicted octanol–water partition coefficient (Wildman–Crippen LogP) is 4.69. The largest absolute Gasteiger partial charge is 0.355 e. The Bertz CT molecular complexity index is 838. The van der Waals surface area contributed by atoms with E-state index in [2.05, 4.69) is 21.4 Å². The van der Waals surface area contributed by atoms with Crippen molar-refractivity contribution >= 4 is 17.7 Å². The van der Waals surface area contributed by atoms with Crippen LogP contribution in [0, 0.1) is 12.7 Å². The van der Waals surface area contributed by atoms with Crippen molar-refractivity contribution in [1.82, 2.24) is 15.3 Å². The number of thioether (sulfide) groups is 1. The number of nitrogens with zero attached hydrogens (tertiary/aromatic N) is 2. The number of hydrogen-bond acceptors (Lipinski definition) is 4. The summed E-state index contributed by atoms with van der Waals surface area (Å²) in [5.74, 6) is 0.457. The second kappa shape index (κ2) is 9.65. The number of hydrogen-bond donors (Lipinski definition) is 1. The fourth-order valence-corrected chi connectivity index (χ4v) is 3.84. The van der Waals surface area contributed by atoms with Crippen LogP contribution in [0.5, 0.6) is 0 Å². The molecule has 0 bridgehead atoms. The molecule has 0 atom stereocenters. The lowest BCUT2D eigenvalue weighted by Gasteiger charge is -2.13. The van der Waals surface area contributed by atoms with Crippen LogP contribution in [-0.2, 0) is 4.79 Å². The number of benzene rings is 1. The second-order valence-electron chi connectivity index (χ2n) is 6.68. The molecule has 1 aliphatic carbocycles. The number of amides is 1. The molecule has 1 heterocycles. The van der Waals surface area contributed by atoms with Gasteiger partial charge in [0.2, 0.25) is 5.91 Å². The molecule has 0 unspecified atom stereocenters. The number of aromatic nitrogens is 2. The number of carbonyl (C=O) groups is 1. The molecule has 2 aromatic rings. The summed E-state index contributed by atoms with van der Waals surface area (Å²) in [6.45, 7) is 2.55. The monoisotopic (exact) mass is 385 g/mol. The Hall–Kier alpha value is -2.21. The highest BCUT2D eigenvalue weighted by Gasteiger charge is 2.09. The summed E-state index contributed by atoms with van der Waals surface area (Å²) < 4.78 is 13.4. The summed E-state index contributed by atoms with van der Waals surface area (Å²) in [7, 11) is 0. The number of aryl methyl sites for hydroxylation is 1. The smallest absolute Gasteiger partial charge is 0.230 e. The molecule has 6 heteroatoms. The van der Waals surface area contributed by atoms with Gasteiger partial charge >= 0.3 is 0 Å². The third kappa shape index (κ3) is 6.17. The van der Waals surface area contributed by atoms with Crippen LogP contribution in [0.25, 0.3) is 11.4 Å². The normalized spacial score (nSPS) is 13.9. The molecule has 1 N–H and O–H groups in total. The van der Waals surface area contributed by atoms with Crippen molar-refractivity contribution < 1.29 is 9.18 Å². The lowest BCUT2D eigenvalue weighted by molar-refractivity contribution is -0.118. The first kappa shape index (κ1) is 19.5. The zero-order valence-corrected chi connectivity index (χ0v) is 16.3. The first-order valence-electron chi connectivity index (χ1n) is 9.29. The van der Waals surface area contributed by atoms with Gasteiger partial charge in [0.1, 0.15) is 10.8 Å². The van der Waals surface area contributed by atoms with Crippen LogP contribution in [-0.4, -0.2) is 28.2 Å². The number of nitrogens with one attached hydrogen (secondary N) is 1. The minimum Gasteiger partial charge on any atom is -0.355 e. The Kier molecular flexibility index (Phi) is 6.98. The zero-order chi connectivity index (χ0) is 19.1. The zero-order valence-electron chi connectivity index (χ0n) is 15.5. The summed E-state index contributed by atoms with van der Waals surface area (Å²) in [6.07, 6.45) is 8.11. The number of allylic oxidation sites excluding steroid dienone is 1. The average Bonchev–Trinajstić information content (AvgIpc) is 2.67. The second-order valence-corrected chi connectivity index (χ2v) is 7.67. The van der Waals surface area contributed by atoms with E-state index < -0.39 is 0 Å². The Balaban J connectivity index is 1.53. The van der Waals surface area contributed by atoms with Crippen LogP contribution in [0.2, 0.25) is 0 Å². The van der Waals surface area contributed by atoms with Crippen LogP contribution in [0.15, 0.2) is 47.0 Å². The molecular formula is C21H24FN3OS. The molecule has 4 nitrogen and oxygen atoms in total. The van der Waals surface area contributed by atoms with Crippen molar-refractivity contribution in [1.29, 1.82) is 0 Å². The SMILES string of the molecule is Cc1cc(SCC(=O)NCCC2=CCCCC2)nc(-c2cccc(F)c2)n1. The van der Waals surface area contributed by atoms with Crippen LogP contribution in [0.3, 0.4) is 0 Å². The summed E-state index contributed by atoms with van der Waals surface area (Å²) in [5.41, 5.74) is 2.88. The van der Waals surface area contributed by atoms with Gasteiger partial charge in [-0.05, 0) is 57.2 Å². The first-order valence-corrected chi connectivity index (χ1v) is 10.3. The molecule has 142 valence electrons. The van der Waals surface area contributed by atoms with Gasteiger partial charge in [0.15, 0.2) is 5.82 Å². The van der Waals surface area contributed by atoms with Gasteiger partial charge in [-0.25, -0.2) is 14.4 Å². The quantitative estimate of drug-likeness (QED) is 0.427. The van der Waals surface area contributed by atoms with E-state index in [-0.39, 0.29) is 11.7 Å². The number of carbonyl (C=O) groups excluding carboxylic acids is 1. The number of rotatable bonds is 7. The van der Waals surface area contributed by atoms with E-state index in [9.17, 15) is 9.18 Å². The maximum absolute atomic E-state index is 13.4. The molecule has 1 aliphatic rings. The summed E-state index contributed by atoms with van der Waals surface area (Å²) in [6, 6.07) is 8.06. The van der Waals surface area contributed by atoms with Crippen molar-refractivity contribution in [3.8, 4) is 11.4 Å². The number of halogens is 1. The highest BCUT2D eigenvalue weighted by Crippen LogP contribution is 2.22. The van der Waals surface area contributed by atoms with Gasteiger partial charge < -0.3 is 5.32 Å². The van der Waals surface area contributed by atoms with Crippen molar-refractivity contribution in [2.45, 2.75) is 44.1 Å². The van der Waals surface area contributed by atoms with Crippen LogP contribution >= 0.6 is 11.8 Å². The van der Waals surface area contributed by atoms with Crippen molar-refractivity contribution in [3.63, 3.8) is 0 Å². The molecule has 0 radical (unpaired) electrons. The molecular weight excluding hydrogens is 361 g/mol. The standard InChI is InChI=1S/C21H24FN3OS/c1-15-12-20(25-21(24-15)17-8-5-9-18(22)13-17)27-14-19(26)23-11-10-16-6-3-2-4-7-16/h5-6,8-9,12-13H,2-4,7,10-11,14H2,1H3,(H,23,26). The van der Waals surface area contributed by atoms with E-state index in [1.807, 2.05) is 13.0 Å². The molecule has 27 heavy (non-hydrogen) atoms. The van der Waals surface area contributed by atoms with Crippen molar-refractivity contribution in [2.24, 2.45) is 0 Å². The van der Waals surface area contributed by atoms with E-state index in [1.165, 1.54) is 48.7 Å². The van der Waals surface area contributed by atoms with Crippen molar-refractivity contribution in [3.05, 3.63) is 53.5 Å². The molecule has 0 saturated heterocycles. The van der Waals surface area contributed by atoms with Gasteiger partial charge in [-0.2, -0.15) is 0 Å². The van der Waals surface area contributed by atoms with Crippen LogP contribution in [0.4, 0.5) is 4.39 Å². The van der Waals surface area contributed by atoms with Crippen LogP contribution < -0.4 is 5.32 Å². The molecule has 0 saturated carbocycles. The Morgan fingerprint density at radius 2 is 2.15 bits per heavy atom. The minimum absolute atomic E-state index is 0.0000182. The maximum Gasteiger partial charge on any atom is 0.230 e. The third-order valence-electron chi connectivity index (χ3n) is 4.42. The van der Waals surface area contributed by atoms with E-state index in [1.54, 1.807) is 12.1 Å². The summed E-state index contributed by atoms with van der Waals surface area (Å²) in [5, 5.41) is 3.69. The molecule has 1 amide bonds. The van der Waals surface area contributed by atoms with Gasteiger partial charge in [0, 0.05) is 17.8 Å². The first-order chi connectivity index (χ1) is 13.1. The van der Waals surface area contributed by atoms with Gasteiger partial charge in [0.25, 0.3) is 0 Å². The highest BCUT2D eigenvalue weighted by atomic mass is 32.2. The fraction of sp³-hybridized carbons (Fsp3) is 0.381. The van der Waals surface area contributed by atoms with Crippen molar-refractivity contribution in [2.75, 3.05) is 12.3 Å². The Morgan fingerprint density at radius 1 is 1.26 bits per heavy atom. The molecule has 1 aromatic heterocycles. The van der Waals surface area contributed by atoms with Crippen LogP contribution in [0.1, 0.15) is 37.8 Å². The average molecular weight is 386 g/mol. The molecule has 0 fully saturated rings. The minimum atomic E-state index is -0.320. The summed E-state index contributed by atoms with van der Waals surface area (Å²) in [4.78, 5) is 20.9. The summed E-state index contributed by atoms with van der Waals surface area (Å²) >= 11 is 1.37. The van der Waals surface area contributed by atoms with E-state index in [4.69, 9.17) is 0 Å². The lowest BCUT2D eigenvalue weighted by atomic mass is 9.97. The van der Waals surface area contributed by atoms with E-state index in [0.717, 1.165) is 18.5 Å². The molecule has 0 spiro atoms. The molecule has 1 aromatic carbocycles. The molecule has 3 rings (SSSR count). The Morgan fingerprint density at radius 3 is 2.93 bits per heavy atom. The molecule has 0 aliphatic heterocycles. The third-order valence-corrected chi connectivity index (χ3v) is 5.33. The predicted molar refractivity (Wildman–Crippen MR) is 107 cm³/mol.